The van der Waals surface area contributed by atoms with Gasteiger partial charge in [0.2, 0.25) is 5.91 Å². The molecule has 13 nitrogen and oxygen atoms in total. The van der Waals surface area contributed by atoms with Crippen molar-refractivity contribution in [1.29, 1.82) is 0 Å². The van der Waals surface area contributed by atoms with Crippen LogP contribution in [0.3, 0.4) is 0 Å². The number of benzene rings is 1. The minimum absolute atomic E-state index is 0.0813. The van der Waals surface area contributed by atoms with E-state index >= 15 is 0 Å². The van der Waals surface area contributed by atoms with Crippen LogP contribution in [-0.2, 0) is 32.1 Å². The highest BCUT2D eigenvalue weighted by Crippen LogP contribution is 2.24. The van der Waals surface area contributed by atoms with Gasteiger partial charge < -0.3 is 34.6 Å². The molecule has 3 N–H and O–H groups in total. The van der Waals surface area contributed by atoms with E-state index < -0.39 is 24.3 Å². The number of para-hydroxylation sites is 2. The highest BCUT2D eigenvalue weighted by Gasteiger charge is 2.39. The van der Waals surface area contributed by atoms with Crippen LogP contribution >= 0.6 is 0 Å². The fraction of sp³-hybridized carbons (Fsp3) is 0.515. The molecular weight excluding hydrogens is 706 g/mol. The number of alkyl halides is 6. The first kappa shape index (κ1) is 41.6. The summed E-state index contributed by atoms with van der Waals surface area (Å²) in [6.07, 6.45) is -7.02. The fourth-order valence-electron chi connectivity index (χ4n) is 5.54. The molecule has 2 saturated heterocycles. The number of carbonyl (C=O) groups is 4. The molecule has 1 aromatic carbocycles. The van der Waals surface area contributed by atoms with Gasteiger partial charge in [-0.3, -0.25) is 14.6 Å². The summed E-state index contributed by atoms with van der Waals surface area (Å²) in [5.41, 5.74) is 2.73. The summed E-state index contributed by atoms with van der Waals surface area (Å²) in [6.45, 7) is 9.20. The highest BCUT2D eigenvalue weighted by molar-refractivity contribution is 5.95. The SMILES string of the molecule is CC(C)CN(C(=O)c1nc2ccccc2n1CCc1ccccn1)[C@@H]1CNC[C@H](C(=O)N2CCOCC2)C1.O=C(O)C(F)(F)F.O=C(O)C(F)(F)F. The van der Waals surface area contributed by atoms with Gasteiger partial charge in [-0.25, -0.2) is 14.6 Å². The number of halogens is 6. The van der Waals surface area contributed by atoms with Crippen LogP contribution in [0.25, 0.3) is 11.0 Å². The van der Waals surface area contributed by atoms with Gasteiger partial charge >= 0.3 is 24.3 Å². The number of nitrogens with one attached hydrogen (secondary N) is 1. The molecule has 19 heteroatoms. The zero-order valence-electron chi connectivity index (χ0n) is 28.4. The molecule has 2 aliphatic heterocycles. The first-order valence-electron chi connectivity index (χ1n) is 16.2. The van der Waals surface area contributed by atoms with Gasteiger partial charge in [-0.2, -0.15) is 26.3 Å². The maximum Gasteiger partial charge on any atom is 0.490 e. The summed E-state index contributed by atoms with van der Waals surface area (Å²) >= 11 is 0. The number of aromatic nitrogens is 3. The second kappa shape index (κ2) is 18.6. The van der Waals surface area contributed by atoms with Crippen LogP contribution in [0, 0.1) is 11.8 Å². The predicted octanol–water partition coefficient (Wildman–Crippen LogP) is 3.88. The van der Waals surface area contributed by atoms with Crippen LogP contribution in [0.1, 0.15) is 36.6 Å². The third-order valence-corrected chi connectivity index (χ3v) is 7.91. The van der Waals surface area contributed by atoms with Gasteiger partial charge in [0.1, 0.15) is 0 Å². The highest BCUT2D eigenvalue weighted by atomic mass is 19.4. The van der Waals surface area contributed by atoms with Crippen LogP contribution in [0.5, 0.6) is 0 Å². The van der Waals surface area contributed by atoms with Crippen LogP contribution in [0.15, 0.2) is 48.7 Å². The van der Waals surface area contributed by atoms with E-state index in [0.717, 1.165) is 16.7 Å². The Morgan fingerprint density at radius 3 is 2.10 bits per heavy atom. The van der Waals surface area contributed by atoms with Crippen LogP contribution in [-0.4, -0.2) is 123 Å². The van der Waals surface area contributed by atoms with Crippen molar-refractivity contribution in [2.75, 3.05) is 45.9 Å². The molecule has 3 aromatic rings. The molecule has 2 aliphatic rings. The number of aryl methyl sites for hydroxylation is 2. The van der Waals surface area contributed by atoms with Crippen LogP contribution in [0.2, 0.25) is 0 Å². The van der Waals surface area contributed by atoms with Gasteiger partial charge in [-0.1, -0.05) is 32.0 Å². The Labute approximate surface area is 294 Å². The van der Waals surface area contributed by atoms with Gasteiger partial charge in [0.05, 0.1) is 30.2 Å². The molecule has 286 valence electrons. The number of nitrogens with zero attached hydrogens (tertiary/aromatic N) is 5. The topological polar surface area (TPSA) is 167 Å². The standard InChI is InChI=1S/C29H38N6O3.2C2HF3O2/c1-21(2)20-35(24-17-22(18-30-19-24)28(36)33-13-15-38-16-14-33)29(37)27-32-25-8-3-4-9-26(25)34(27)12-10-23-7-5-6-11-31-23;2*3-2(4,5)1(6)7/h3-9,11,21-22,24,30H,10,12-20H2,1-2H3;2*(H,6,7)/t22-,24+;;/m1../s1. The Hall–Kier alpha value is -4.78. The number of carboxylic acid groups (broad SMARTS) is 2. The van der Waals surface area contributed by atoms with E-state index in [-0.39, 0.29) is 29.7 Å². The van der Waals surface area contributed by atoms with E-state index in [1.807, 2.05) is 56.8 Å². The summed E-state index contributed by atoms with van der Waals surface area (Å²) in [6, 6.07) is 13.7. The average molecular weight is 747 g/mol. The Balaban J connectivity index is 0.000000441. The van der Waals surface area contributed by atoms with E-state index in [1.54, 1.807) is 6.20 Å². The molecule has 0 spiro atoms. The second-order valence-corrected chi connectivity index (χ2v) is 12.3. The molecule has 0 radical (unpaired) electrons. The largest absolute Gasteiger partial charge is 0.490 e. The Morgan fingerprint density at radius 1 is 0.942 bits per heavy atom. The van der Waals surface area contributed by atoms with Crippen molar-refractivity contribution in [2.24, 2.45) is 11.8 Å². The van der Waals surface area contributed by atoms with E-state index in [0.29, 0.717) is 71.1 Å². The molecule has 4 heterocycles. The molecule has 0 bridgehead atoms. The predicted molar refractivity (Wildman–Crippen MR) is 173 cm³/mol. The van der Waals surface area contributed by atoms with Crippen molar-refractivity contribution in [3.8, 4) is 0 Å². The Kier molecular flexibility index (Phi) is 14.9. The summed E-state index contributed by atoms with van der Waals surface area (Å²) in [5, 5.41) is 17.7. The molecule has 2 amide bonds. The minimum Gasteiger partial charge on any atom is -0.475 e. The van der Waals surface area contributed by atoms with E-state index in [4.69, 9.17) is 29.5 Å². The molecule has 5 rings (SSSR count). The summed E-state index contributed by atoms with van der Waals surface area (Å²) in [7, 11) is 0. The number of morpholine rings is 1. The zero-order valence-corrected chi connectivity index (χ0v) is 28.4. The van der Waals surface area contributed by atoms with Gasteiger partial charge in [-0.15, -0.1) is 0 Å². The van der Waals surface area contributed by atoms with Crippen molar-refractivity contribution < 1.29 is 60.5 Å². The zero-order chi connectivity index (χ0) is 38.6. The molecule has 52 heavy (non-hydrogen) atoms. The third kappa shape index (κ3) is 12.2. The number of hydrogen-bond donors (Lipinski definition) is 3. The first-order chi connectivity index (χ1) is 24.4. The monoisotopic (exact) mass is 746 g/mol. The number of amides is 2. The van der Waals surface area contributed by atoms with Gasteiger partial charge in [0.25, 0.3) is 5.91 Å². The van der Waals surface area contributed by atoms with Crippen molar-refractivity contribution in [1.82, 2.24) is 29.7 Å². The van der Waals surface area contributed by atoms with Crippen LogP contribution < -0.4 is 5.32 Å². The number of piperidine rings is 1. The molecule has 0 unspecified atom stereocenters. The molecule has 2 aromatic heterocycles. The maximum absolute atomic E-state index is 14.2. The molecule has 0 aliphatic carbocycles. The number of imidazole rings is 1. The van der Waals surface area contributed by atoms with Gasteiger partial charge in [0.15, 0.2) is 5.82 Å². The number of ether oxygens (including phenoxy) is 1. The number of carbonyl (C=O) groups excluding carboxylic acids is 2. The molecule has 2 fully saturated rings. The van der Waals surface area contributed by atoms with E-state index in [9.17, 15) is 35.9 Å². The van der Waals surface area contributed by atoms with Crippen molar-refractivity contribution in [3.63, 3.8) is 0 Å². The summed E-state index contributed by atoms with van der Waals surface area (Å²) in [5.74, 6) is -4.87. The number of carboxylic acids is 2. The number of aliphatic carboxylic acids is 2. The number of fused-ring (bicyclic) bond motifs is 1. The molecule has 2 atom stereocenters. The third-order valence-electron chi connectivity index (χ3n) is 7.91. The Bertz CT molecular complexity index is 1620. The lowest BCUT2D eigenvalue weighted by molar-refractivity contribution is -0.193. The Morgan fingerprint density at radius 2 is 1.54 bits per heavy atom. The van der Waals surface area contributed by atoms with Crippen molar-refractivity contribution >= 4 is 34.8 Å². The second-order valence-electron chi connectivity index (χ2n) is 12.3. The maximum atomic E-state index is 14.2. The summed E-state index contributed by atoms with van der Waals surface area (Å²) < 4.78 is 70.9. The molecular formula is C33H40F6N6O7. The molecule has 0 saturated carbocycles. The minimum atomic E-state index is -5.08. The number of rotatable bonds is 8. The lowest BCUT2D eigenvalue weighted by Crippen LogP contribution is -2.56. The van der Waals surface area contributed by atoms with Crippen LogP contribution in [0.4, 0.5) is 26.3 Å². The lowest BCUT2D eigenvalue weighted by Gasteiger charge is -2.40. The average Bonchev–Trinajstić information content (AvgIpc) is 3.48. The lowest BCUT2D eigenvalue weighted by atomic mass is 9.92. The number of hydrogen-bond acceptors (Lipinski definition) is 8. The van der Waals surface area contributed by atoms with Gasteiger partial charge in [-0.05, 0) is 36.6 Å². The first-order valence-corrected chi connectivity index (χ1v) is 16.2. The summed E-state index contributed by atoms with van der Waals surface area (Å²) in [4.78, 5) is 58.5. The smallest absolute Gasteiger partial charge is 0.475 e. The van der Waals surface area contributed by atoms with Crippen molar-refractivity contribution in [2.45, 2.75) is 51.6 Å². The fourth-order valence-corrected chi connectivity index (χ4v) is 5.54. The van der Waals surface area contributed by atoms with Crippen molar-refractivity contribution in [3.05, 3.63) is 60.2 Å². The quantitative estimate of drug-likeness (QED) is 0.288. The van der Waals surface area contributed by atoms with E-state index in [2.05, 4.69) is 24.1 Å². The van der Waals surface area contributed by atoms with Gasteiger partial charge in [0, 0.05) is 63.6 Å². The van der Waals surface area contributed by atoms with E-state index in [1.165, 1.54) is 0 Å². The normalized spacial score (nSPS) is 17.8. The number of pyridine rings is 1.